The van der Waals surface area contributed by atoms with Crippen molar-refractivity contribution in [3.8, 4) is 0 Å². The topological polar surface area (TPSA) is 111 Å². The molecule has 1 N–H and O–H groups in total. The molecular formula is C23H40N2O7S. The summed E-state index contributed by atoms with van der Waals surface area (Å²) >= 11 is 1.13. The van der Waals surface area contributed by atoms with Crippen LogP contribution in [0.4, 0.5) is 4.79 Å². The van der Waals surface area contributed by atoms with Crippen LogP contribution < -0.4 is 5.32 Å². The molecule has 1 aliphatic heterocycles. The predicted octanol–water partition coefficient (Wildman–Crippen LogP) is 3.14. The fourth-order valence-corrected chi connectivity index (χ4v) is 5.12. The number of ether oxygens (including phenoxy) is 3. The fraction of sp³-hybridized carbons (Fsp3) is 0.826. The van der Waals surface area contributed by atoms with Gasteiger partial charge in [-0.2, -0.15) is 0 Å². The zero-order valence-corrected chi connectivity index (χ0v) is 22.2. The fourth-order valence-electron chi connectivity index (χ4n) is 4.38. The van der Waals surface area contributed by atoms with Crippen LogP contribution in [0.15, 0.2) is 0 Å². The van der Waals surface area contributed by atoms with Crippen molar-refractivity contribution in [2.24, 2.45) is 5.92 Å². The van der Waals surface area contributed by atoms with Gasteiger partial charge in [-0.25, -0.2) is 9.59 Å². The maximum absolute atomic E-state index is 13.4. The van der Waals surface area contributed by atoms with Gasteiger partial charge >= 0.3 is 12.1 Å². The molecule has 0 aromatic heterocycles. The molecule has 0 aromatic carbocycles. The van der Waals surface area contributed by atoms with Crippen LogP contribution in [-0.2, 0) is 28.6 Å². The van der Waals surface area contributed by atoms with E-state index in [2.05, 4.69) is 5.32 Å². The molecule has 1 saturated heterocycles. The third kappa shape index (κ3) is 7.34. The van der Waals surface area contributed by atoms with Crippen molar-refractivity contribution in [2.75, 3.05) is 20.0 Å². The summed E-state index contributed by atoms with van der Waals surface area (Å²) in [5.74, 6) is -1.16. The van der Waals surface area contributed by atoms with Crippen molar-refractivity contribution in [1.82, 2.24) is 10.2 Å². The quantitative estimate of drug-likeness (QED) is 0.493. The van der Waals surface area contributed by atoms with Crippen molar-refractivity contribution in [1.29, 1.82) is 0 Å². The molecule has 1 aliphatic rings. The minimum atomic E-state index is -1.03. The van der Waals surface area contributed by atoms with E-state index in [-0.39, 0.29) is 17.4 Å². The van der Waals surface area contributed by atoms with Crippen LogP contribution in [-0.4, -0.2) is 77.3 Å². The lowest BCUT2D eigenvalue weighted by atomic mass is 9.81. The van der Waals surface area contributed by atoms with Gasteiger partial charge in [0.15, 0.2) is 5.12 Å². The highest BCUT2D eigenvalue weighted by Gasteiger charge is 2.57. The molecule has 0 bridgehead atoms. The molecule has 5 atom stereocenters. The third-order valence-corrected chi connectivity index (χ3v) is 6.66. The van der Waals surface area contributed by atoms with E-state index in [1.807, 2.05) is 20.8 Å². The summed E-state index contributed by atoms with van der Waals surface area (Å²) in [6, 6.07) is -2.66. The van der Waals surface area contributed by atoms with Crippen LogP contribution in [0, 0.1) is 5.92 Å². The highest BCUT2D eigenvalue weighted by atomic mass is 32.2. The molecule has 190 valence electrons. The highest BCUT2D eigenvalue weighted by Crippen LogP contribution is 2.41. The monoisotopic (exact) mass is 488 g/mol. The normalized spacial score (nSPS) is 23.4. The Hall–Kier alpha value is -1.81. The van der Waals surface area contributed by atoms with Crippen LogP contribution >= 0.6 is 11.8 Å². The lowest BCUT2D eigenvalue weighted by Crippen LogP contribution is -2.65. The van der Waals surface area contributed by atoms with E-state index in [1.165, 1.54) is 26.0 Å². The Kier molecular flexibility index (Phi) is 10.7. The number of amides is 2. The first-order valence-electron chi connectivity index (χ1n) is 11.3. The zero-order chi connectivity index (χ0) is 25.6. The van der Waals surface area contributed by atoms with Gasteiger partial charge in [0.05, 0.1) is 30.7 Å². The smallest absolute Gasteiger partial charge is 0.411 e. The van der Waals surface area contributed by atoms with E-state index in [1.54, 1.807) is 20.8 Å². The maximum atomic E-state index is 13.4. The van der Waals surface area contributed by atoms with E-state index >= 15 is 0 Å². The standard InChI is InChI=1S/C23H40N2O7S/c1-10-12-23(7,31-9)18(24-14(3)26)17-15(20(28)33-11-2)13-16(19(27)30-8)25(17)21(29)32-22(4,5)6/h15-18H,10-13H2,1-9H3,(H,24,26)/t15-,16+,17-,18-,23+/m1/s1. The van der Waals surface area contributed by atoms with Crippen LogP contribution in [0.25, 0.3) is 0 Å². The summed E-state index contributed by atoms with van der Waals surface area (Å²) in [5.41, 5.74) is -1.74. The number of thioether (sulfide) groups is 1. The summed E-state index contributed by atoms with van der Waals surface area (Å²) in [5, 5.41) is 2.76. The Labute approximate surface area is 201 Å². The minimum absolute atomic E-state index is 0.0738. The molecule has 0 radical (unpaired) electrons. The van der Waals surface area contributed by atoms with E-state index in [0.717, 1.165) is 18.2 Å². The van der Waals surface area contributed by atoms with Gasteiger partial charge in [0.25, 0.3) is 0 Å². The molecule has 2 amide bonds. The largest absolute Gasteiger partial charge is 0.467 e. The summed E-state index contributed by atoms with van der Waals surface area (Å²) < 4.78 is 16.5. The number of nitrogens with zero attached hydrogens (tertiary/aromatic N) is 1. The Morgan fingerprint density at radius 3 is 2.15 bits per heavy atom. The number of esters is 1. The molecule has 1 rings (SSSR count). The molecule has 0 saturated carbocycles. The second-order valence-electron chi connectivity index (χ2n) is 9.46. The second-order valence-corrected chi connectivity index (χ2v) is 10.7. The second kappa shape index (κ2) is 12.1. The Balaban J connectivity index is 3.75. The van der Waals surface area contributed by atoms with Gasteiger partial charge in [0.1, 0.15) is 11.6 Å². The van der Waals surface area contributed by atoms with Crippen molar-refractivity contribution in [3.05, 3.63) is 0 Å². The van der Waals surface area contributed by atoms with Crippen LogP contribution in [0.3, 0.4) is 0 Å². The average Bonchev–Trinajstić information content (AvgIpc) is 3.10. The molecule has 10 heteroatoms. The predicted molar refractivity (Wildman–Crippen MR) is 127 cm³/mol. The molecule has 0 aliphatic carbocycles. The summed E-state index contributed by atoms with van der Waals surface area (Å²) in [7, 11) is 2.77. The molecule has 1 fully saturated rings. The number of rotatable bonds is 9. The summed E-state index contributed by atoms with van der Waals surface area (Å²) in [6.45, 7) is 12.2. The van der Waals surface area contributed by atoms with Gasteiger partial charge in [-0.05, 0) is 46.3 Å². The molecule has 0 spiro atoms. The average molecular weight is 489 g/mol. The molecule has 33 heavy (non-hydrogen) atoms. The zero-order valence-electron chi connectivity index (χ0n) is 21.4. The third-order valence-electron chi connectivity index (χ3n) is 5.78. The first kappa shape index (κ1) is 29.2. The van der Waals surface area contributed by atoms with E-state index < -0.39 is 47.3 Å². The lowest BCUT2D eigenvalue weighted by Gasteiger charge is -2.44. The van der Waals surface area contributed by atoms with Crippen LogP contribution in [0.2, 0.25) is 0 Å². The van der Waals surface area contributed by atoms with Crippen molar-refractivity contribution < 1.29 is 33.4 Å². The van der Waals surface area contributed by atoms with Gasteiger partial charge in [-0.3, -0.25) is 14.5 Å². The minimum Gasteiger partial charge on any atom is -0.467 e. The van der Waals surface area contributed by atoms with Crippen LogP contribution in [0.5, 0.6) is 0 Å². The molecule has 0 aromatic rings. The Bertz CT molecular complexity index is 724. The maximum Gasteiger partial charge on any atom is 0.411 e. The number of hydrogen-bond donors (Lipinski definition) is 1. The molecular weight excluding hydrogens is 448 g/mol. The molecule has 0 unspecified atom stereocenters. The number of nitrogens with one attached hydrogen (secondary N) is 1. The van der Waals surface area contributed by atoms with Crippen molar-refractivity contribution in [3.63, 3.8) is 0 Å². The number of hydrogen-bond acceptors (Lipinski definition) is 8. The van der Waals surface area contributed by atoms with Gasteiger partial charge in [-0.1, -0.05) is 32.0 Å². The first-order valence-corrected chi connectivity index (χ1v) is 12.3. The van der Waals surface area contributed by atoms with E-state index in [4.69, 9.17) is 14.2 Å². The van der Waals surface area contributed by atoms with Crippen molar-refractivity contribution >= 4 is 34.8 Å². The Morgan fingerprint density at radius 1 is 1.12 bits per heavy atom. The lowest BCUT2D eigenvalue weighted by molar-refractivity contribution is -0.147. The van der Waals surface area contributed by atoms with Crippen molar-refractivity contribution in [2.45, 2.75) is 97.1 Å². The Morgan fingerprint density at radius 2 is 1.73 bits per heavy atom. The number of likely N-dealkylation sites (tertiary alicyclic amines) is 1. The first-order chi connectivity index (χ1) is 15.3. The van der Waals surface area contributed by atoms with E-state index in [9.17, 15) is 19.2 Å². The van der Waals surface area contributed by atoms with Gasteiger partial charge < -0.3 is 19.5 Å². The summed E-state index contributed by atoms with van der Waals surface area (Å²) in [4.78, 5) is 52.9. The molecule has 9 nitrogen and oxygen atoms in total. The van der Waals surface area contributed by atoms with Crippen LogP contribution in [0.1, 0.15) is 67.7 Å². The number of carbonyl (C=O) groups is 4. The summed E-state index contributed by atoms with van der Waals surface area (Å²) in [6.07, 6.45) is 0.620. The SMILES string of the molecule is CCC[C@](C)(OC)[C@H](NC(C)=O)[C@H]1[C@H](C(=O)SCC)C[C@@H](C(=O)OC)N1C(=O)OC(C)(C)C. The van der Waals surface area contributed by atoms with Gasteiger partial charge in [0.2, 0.25) is 5.91 Å². The number of methoxy groups -OCH3 is 2. The van der Waals surface area contributed by atoms with E-state index in [0.29, 0.717) is 12.2 Å². The number of carbonyl (C=O) groups excluding carboxylic acids is 4. The highest BCUT2D eigenvalue weighted by molar-refractivity contribution is 8.13. The van der Waals surface area contributed by atoms with Gasteiger partial charge in [-0.15, -0.1) is 0 Å². The molecule has 1 heterocycles. The van der Waals surface area contributed by atoms with Gasteiger partial charge in [0, 0.05) is 14.0 Å².